The summed E-state index contributed by atoms with van der Waals surface area (Å²) in [6, 6.07) is 12.6. The van der Waals surface area contributed by atoms with Crippen LogP contribution in [0, 0.1) is 0 Å². The average Bonchev–Trinajstić information content (AvgIpc) is 3.04. The van der Waals surface area contributed by atoms with Crippen LogP contribution in [0.2, 0.25) is 0 Å². The van der Waals surface area contributed by atoms with E-state index in [1.807, 2.05) is 19.1 Å². The molecule has 34 heavy (non-hydrogen) atoms. The first-order valence-electron chi connectivity index (χ1n) is 11.0. The van der Waals surface area contributed by atoms with Gasteiger partial charge >= 0.3 is 0 Å². The molecule has 0 aromatic heterocycles. The molecule has 10 heteroatoms. The number of rotatable bonds is 10. The Labute approximate surface area is 199 Å². The van der Waals surface area contributed by atoms with Crippen LogP contribution < -0.4 is 10.1 Å². The zero-order valence-corrected chi connectivity index (χ0v) is 20.3. The Morgan fingerprint density at radius 1 is 1.12 bits per heavy atom. The molecule has 0 saturated carbocycles. The third kappa shape index (κ3) is 5.06. The minimum atomic E-state index is -3.92. The van der Waals surface area contributed by atoms with Gasteiger partial charge in [0.1, 0.15) is 16.7 Å². The monoisotopic (exact) mass is 487 g/mol. The quantitative estimate of drug-likeness (QED) is 0.550. The minimum absolute atomic E-state index is 0.0146. The SMILES string of the molecule is CC[C@H](C(=O)NC)N(Cc1ccc(OC)cc1)C(=O)CCCN1C(=O)c2ccccc2S1(=O)=O. The van der Waals surface area contributed by atoms with E-state index in [4.69, 9.17) is 4.74 Å². The molecule has 0 aliphatic carbocycles. The van der Waals surface area contributed by atoms with Gasteiger partial charge in [0.05, 0.1) is 12.7 Å². The maximum Gasteiger partial charge on any atom is 0.269 e. The fourth-order valence-corrected chi connectivity index (χ4v) is 5.59. The predicted molar refractivity (Wildman–Crippen MR) is 126 cm³/mol. The van der Waals surface area contributed by atoms with E-state index in [1.54, 1.807) is 31.4 Å². The molecule has 1 heterocycles. The summed E-state index contributed by atoms with van der Waals surface area (Å²) in [5.41, 5.74) is 0.963. The second-order valence-corrected chi connectivity index (χ2v) is 9.72. The number of hydrogen-bond donors (Lipinski definition) is 1. The molecule has 0 saturated heterocycles. The highest BCUT2D eigenvalue weighted by Gasteiger charge is 2.40. The van der Waals surface area contributed by atoms with Gasteiger partial charge in [-0.15, -0.1) is 0 Å². The number of carbonyl (C=O) groups excluding carboxylic acids is 3. The number of carbonyl (C=O) groups is 3. The summed E-state index contributed by atoms with van der Waals surface area (Å²) < 4.78 is 31.4. The van der Waals surface area contributed by atoms with Crippen molar-refractivity contribution < 1.29 is 27.5 Å². The maximum atomic E-state index is 13.2. The Kier molecular flexibility index (Phi) is 7.93. The van der Waals surface area contributed by atoms with E-state index >= 15 is 0 Å². The van der Waals surface area contributed by atoms with Crippen LogP contribution in [0.25, 0.3) is 0 Å². The van der Waals surface area contributed by atoms with Crippen LogP contribution in [-0.4, -0.2) is 62.1 Å². The fraction of sp³-hybridized carbons (Fsp3) is 0.375. The van der Waals surface area contributed by atoms with Crippen molar-refractivity contribution in [2.75, 3.05) is 20.7 Å². The number of benzene rings is 2. The first-order valence-corrected chi connectivity index (χ1v) is 12.5. The van der Waals surface area contributed by atoms with Crippen molar-refractivity contribution >= 4 is 27.7 Å². The third-order valence-corrected chi connectivity index (χ3v) is 7.65. The van der Waals surface area contributed by atoms with Crippen LogP contribution in [0.15, 0.2) is 53.4 Å². The molecule has 0 fully saturated rings. The van der Waals surface area contributed by atoms with Crippen molar-refractivity contribution in [2.45, 2.75) is 43.7 Å². The lowest BCUT2D eigenvalue weighted by Crippen LogP contribution is -2.48. The zero-order valence-electron chi connectivity index (χ0n) is 19.5. The molecular formula is C24H29N3O6S. The lowest BCUT2D eigenvalue weighted by atomic mass is 10.1. The third-order valence-electron chi connectivity index (χ3n) is 5.81. The molecular weight excluding hydrogens is 458 g/mol. The van der Waals surface area contributed by atoms with Gasteiger partial charge < -0.3 is 15.0 Å². The van der Waals surface area contributed by atoms with Crippen LogP contribution in [-0.2, 0) is 26.2 Å². The van der Waals surface area contributed by atoms with E-state index in [0.717, 1.165) is 9.87 Å². The normalized spacial score (nSPS) is 14.9. The van der Waals surface area contributed by atoms with E-state index in [-0.39, 0.29) is 48.2 Å². The highest BCUT2D eigenvalue weighted by molar-refractivity contribution is 7.90. The fourth-order valence-electron chi connectivity index (χ4n) is 3.98. The van der Waals surface area contributed by atoms with Gasteiger partial charge in [-0.1, -0.05) is 31.2 Å². The summed E-state index contributed by atoms with van der Waals surface area (Å²) in [4.78, 5) is 39.7. The van der Waals surface area contributed by atoms with Crippen molar-refractivity contribution in [1.82, 2.24) is 14.5 Å². The Hall–Kier alpha value is -3.40. The Bertz CT molecular complexity index is 1160. The summed E-state index contributed by atoms with van der Waals surface area (Å²) in [5, 5.41) is 2.60. The van der Waals surface area contributed by atoms with E-state index in [0.29, 0.717) is 12.2 Å². The summed E-state index contributed by atoms with van der Waals surface area (Å²) in [5.74, 6) is -0.489. The lowest BCUT2D eigenvalue weighted by Gasteiger charge is -2.30. The highest BCUT2D eigenvalue weighted by atomic mass is 32.2. The number of nitrogens with zero attached hydrogens (tertiary/aromatic N) is 2. The van der Waals surface area contributed by atoms with Gasteiger partial charge in [0.15, 0.2) is 0 Å². The van der Waals surface area contributed by atoms with Gasteiger partial charge in [-0.25, -0.2) is 12.7 Å². The van der Waals surface area contributed by atoms with Crippen molar-refractivity contribution in [3.63, 3.8) is 0 Å². The number of sulfonamides is 1. The van der Waals surface area contributed by atoms with Crippen molar-refractivity contribution in [3.8, 4) is 5.75 Å². The molecule has 2 aromatic carbocycles. The van der Waals surface area contributed by atoms with E-state index < -0.39 is 22.0 Å². The molecule has 9 nitrogen and oxygen atoms in total. The number of fused-ring (bicyclic) bond motifs is 1. The molecule has 1 atom stereocenters. The van der Waals surface area contributed by atoms with Gasteiger partial charge in [0.2, 0.25) is 11.8 Å². The molecule has 1 aliphatic rings. The van der Waals surface area contributed by atoms with Gasteiger partial charge in [-0.05, 0) is 42.7 Å². The molecule has 0 radical (unpaired) electrons. The van der Waals surface area contributed by atoms with Crippen LogP contribution in [0.3, 0.4) is 0 Å². The standard InChI is InChI=1S/C24H29N3O6S/c1-4-20(23(29)25-2)26(16-17-11-13-18(33-3)14-12-17)22(28)10-7-15-27-24(30)19-8-5-6-9-21(19)34(27,31)32/h5-6,8-9,11-14,20H,4,7,10,15-16H2,1-3H3,(H,25,29)/t20-/m1/s1. The Balaban J connectivity index is 1.72. The van der Waals surface area contributed by atoms with Gasteiger partial charge in [0.25, 0.3) is 15.9 Å². The summed E-state index contributed by atoms with van der Waals surface area (Å²) in [7, 11) is -0.845. The first kappa shape index (κ1) is 25.2. The Morgan fingerprint density at radius 3 is 2.38 bits per heavy atom. The number of methoxy groups -OCH3 is 1. The number of nitrogens with one attached hydrogen (secondary N) is 1. The largest absolute Gasteiger partial charge is 0.497 e. The number of likely N-dealkylation sites (N-methyl/N-ethyl adjacent to an activating group) is 1. The van der Waals surface area contributed by atoms with Crippen LogP contribution >= 0.6 is 0 Å². The second-order valence-electron chi connectivity index (χ2n) is 7.89. The first-order chi connectivity index (χ1) is 16.2. The van der Waals surface area contributed by atoms with Gasteiger partial charge in [-0.2, -0.15) is 0 Å². The average molecular weight is 488 g/mol. The summed E-state index contributed by atoms with van der Waals surface area (Å²) in [6.07, 6.45) is 0.538. The zero-order chi connectivity index (χ0) is 24.9. The van der Waals surface area contributed by atoms with Crippen LogP contribution in [0.1, 0.15) is 42.1 Å². The lowest BCUT2D eigenvalue weighted by molar-refractivity contribution is -0.141. The molecule has 0 bridgehead atoms. The number of amides is 3. The van der Waals surface area contributed by atoms with Gasteiger partial charge in [0, 0.05) is 26.6 Å². The molecule has 2 aromatic rings. The highest BCUT2D eigenvalue weighted by Crippen LogP contribution is 2.30. The van der Waals surface area contributed by atoms with Crippen molar-refractivity contribution in [2.24, 2.45) is 0 Å². The van der Waals surface area contributed by atoms with E-state index in [1.165, 1.54) is 24.1 Å². The van der Waals surface area contributed by atoms with E-state index in [9.17, 15) is 22.8 Å². The molecule has 0 unspecified atom stereocenters. The van der Waals surface area contributed by atoms with Crippen LogP contribution in [0.5, 0.6) is 5.75 Å². The summed E-state index contributed by atoms with van der Waals surface area (Å²) >= 11 is 0. The molecule has 3 amide bonds. The summed E-state index contributed by atoms with van der Waals surface area (Å²) in [6.45, 7) is 1.91. The van der Waals surface area contributed by atoms with E-state index in [2.05, 4.69) is 5.32 Å². The van der Waals surface area contributed by atoms with Crippen molar-refractivity contribution in [3.05, 3.63) is 59.7 Å². The number of ether oxygens (including phenoxy) is 1. The van der Waals surface area contributed by atoms with Crippen molar-refractivity contribution in [1.29, 1.82) is 0 Å². The second kappa shape index (κ2) is 10.7. The Morgan fingerprint density at radius 2 is 1.79 bits per heavy atom. The molecule has 182 valence electrons. The van der Waals surface area contributed by atoms with Crippen LogP contribution in [0.4, 0.5) is 0 Å². The molecule has 0 spiro atoms. The predicted octanol–water partition coefficient (Wildman–Crippen LogP) is 2.17. The number of hydrogen-bond acceptors (Lipinski definition) is 6. The molecule has 1 aliphatic heterocycles. The van der Waals surface area contributed by atoms with Gasteiger partial charge in [-0.3, -0.25) is 14.4 Å². The smallest absolute Gasteiger partial charge is 0.269 e. The minimum Gasteiger partial charge on any atom is -0.497 e. The maximum absolute atomic E-state index is 13.2. The molecule has 1 N–H and O–H groups in total. The topological polar surface area (TPSA) is 113 Å². The molecule has 3 rings (SSSR count).